The molecule has 0 spiro atoms. The van der Waals surface area contributed by atoms with Gasteiger partial charge >= 0.3 is 5.97 Å². The van der Waals surface area contributed by atoms with E-state index in [9.17, 15) is 4.79 Å². The van der Waals surface area contributed by atoms with Gasteiger partial charge < -0.3 is 9.47 Å². The Labute approximate surface area is 100 Å². The highest BCUT2D eigenvalue weighted by Gasteiger charge is 2.26. The highest BCUT2D eigenvalue weighted by molar-refractivity contribution is 5.89. The van der Waals surface area contributed by atoms with Crippen LogP contribution in [-0.2, 0) is 17.6 Å². The van der Waals surface area contributed by atoms with Gasteiger partial charge in [0, 0.05) is 5.56 Å². The van der Waals surface area contributed by atoms with E-state index < -0.39 is 0 Å². The van der Waals surface area contributed by atoms with Gasteiger partial charge in [0.25, 0.3) is 0 Å². The molecule has 0 fully saturated rings. The lowest BCUT2D eigenvalue weighted by Crippen LogP contribution is -2.13. The lowest BCUT2D eigenvalue weighted by atomic mass is 10.1. The Hall–Kier alpha value is -1.65. The van der Waals surface area contributed by atoms with Gasteiger partial charge in [-0.05, 0) is 38.7 Å². The molecule has 0 radical (unpaired) electrons. The van der Waals surface area contributed by atoms with Gasteiger partial charge in [-0.25, -0.2) is 4.79 Å². The van der Waals surface area contributed by atoms with Crippen molar-refractivity contribution in [2.45, 2.75) is 33.1 Å². The lowest BCUT2D eigenvalue weighted by molar-refractivity contribution is 0.0516. The van der Waals surface area contributed by atoms with Gasteiger partial charge in [-0.3, -0.25) is 0 Å². The van der Waals surface area contributed by atoms with E-state index in [1.54, 1.807) is 6.92 Å². The van der Waals surface area contributed by atoms with Gasteiger partial charge in [0.2, 0.25) is 5.88 Å². The predicted octanol–water partition coefficient (Wildman–Crippen LogP) is 1.54. The van der Waals surface area contributed by atoms with Gasteiger partial charge in [0.05, 0.1) is 13.2 Å². The number of aromatic nitrogens is 2. The van der Waals surface area contributed by atoms with Crippen LogP contribution >= 0.6 is 0 Å². The fourth-order valence-electron chi connectivity index (χ4n) is 2.07. The highest BCUT2D eigenvalue weighted by Crippen LogP contribution is 2.30. The van der Waals surface area contributed by atoms with Gasteiger partial charge in [-0.2, -0.15) is 0 Å². The van der Waals surface area contributed by atoms with Crippen LogP contribution in [0.2, 0.25) is 0 Å². The molecule has 0 saturated carbocycles. The maximum Gasteiger partial charge on any atom is 0.359 e. The topological polar surface area (TPSA) is 61.3 Å². The zero-order valence-corrected chi connectivity index (χ0v) is 10.2. The van der Waals surface area contributed by atoms with E-state index in [-0.39, 0.29) is 5.97 Å². The molecule has 0 saturated heterocycles. The number of ether oxygens (including phenoxy) is 2. The van der Waals surface area contributed by atoms with E-state index in [1.807, 2.05) is 6.92 Å². The standard InChI is InChI=1S/C12H16N2O3/c1-3-16-11-9-7-5-6-8(9)10(13-14-11)12(15)17-4-2/h3-7H2,1-2H3. The van der Waals surface area contributed by atoms with Crippen molar-refractivity contribution in [3.8, 4) is 5.88 Å². The van der Waals surface area contributed by atoms with E-state index >= 15 is 0 Å². The molecule has 0 N–H and O–H groups in total. The van der Waals surface area contributed by atoms with Gasteiger partial charge in [0.1, 0.15) is 0 Å². The minimum Gasteiger partial charge on any atom is -0.477 e. The van der Waals surface area contributed by atoms with Crippen LogP contribution in [0.15, 0.2) is 0 Å². The molecule has 1 heterocycles. The number of hydrogen-bond acceptors (Lipinski definition) is 5. The largest absolute Gasteiger partial charge is 0.477 e. The second-order valence-corrected chi connectivity index (χ2v) is 3.82. The van der Waals surface area contributed by atoms with E-state index in [2.05, 4.69) is 10.2 Å². The summed E-state index contributed by atoms with van der Waals surface area (Å²) in [5.41, 5.74) is 2.31. The van der Waals surface area contributed by atoms with E-state index in [0.717, 1.165) is 30.4 Å². The van der Waals surface area contributed by atoms with E-state index in [4.69, 9.17) is 9.47 Å². The number of carbonyl (C=O) groups is 1. The molecule has 0 bridgehead atoms. The highest BCUT2D eigenvalue weighted by atomic mass is 16.5. The Morgan fingerprint density at radius 2 is 1.94 bits per heavy atom. The molecule has 1 aromatic heterocycles. The number of rotatable bonds is 4. The Balaban J connectivity index is 2.37. The van der Waals surface area contributed by atoms with Crippen molar-refractivity contribution < 1.29 is 14.3 Å². The van der Waals surface area contributed by atoms with Crippen molar-refractivity contribution >= 4 is 5.97 Å². The number of hydrogen-bond donors (Lipinski definition) is 0. The average molecular weight is 236 g/mol. The summed E-state index contributed by atoms with van der Waals surface area (Å²) < 4.78 is 10.4. The summed E-state index contributed by atoms with van der Waals surface area (Å²) in [4.78, 5) is 11.7. The zero-order valence-electron chi connectivity index (χ0n) is 10.2. The van der Waals surface area contributed by atoms with Gasteiger partial charge in [-0.15, -0.1) is 10.2 Å². The number of nitrogens with zero attached hydrogens (tertiary/aromatic N) is 2. The zero-order chi connectivity index (χ0) is 12.3. The first-order chi connectivity index (χ1) is 8.27. The summed E-state index contributed by atoms with van der Waals surface area (Å²) in [5.74, 6) is 0.175. The molecule has 0 atom stereocenters. The molecule has 5 heteroatoms. The molecule has 1 aliphatic rings. The first kappa shape index (κ1) is 11.8. The first-order valence-corrected chi connectivity index (χ1v) is 5.96. The van der Waals surface area contributed by atoms with Crippen molar-refractivity contribution in [3.05, 3.63) is 16.8 Å². The smallest absolute Gasteiger partial charge is 0.359 e. The first-order valence-electron chi connectivity index (χ1n) is 5.96. The normalized spacial score (nSPS) is 13.3. The van der Waals surface area contributed by atoms with Crippen molar-refractivity contribution in [2.75, 3.05) is 13.2 Å². The summed E-state index contributed by atoms with van der Waals surface area (Å²) in [6, 6.07) is 0. The molecular weight excluding hydrogens is 220 g/mol. The van der Waals surface area contributed by atoms with Crippen LogP contribution in [0.4, 0.5) is 0 Å². The molecule has 0 amide bonds. The predicted molar refractivity (Wildman–Crippen MR) is 61.2 cm³/mol. The Morgan fingerprint density at radius 3 is 2.65 bits per heavy atom. The Kier molecular flexibility index (Phi) is 3.56. The molecule has 92 valence electrons. The number of fused-ring (bicyclic) bond motifs is 1. The molecular formula is C12H16N2O3. The maximum absolute atomic E-state index is 11.7. The maximum atomic E-state index is 11.7. The Bertz CT molecular complexity index is 432. The summed E-state index contributed by atoms with van der Waals surface area (Å²) in [7, 11) is 0. The van der Waals surface area contributed by atoms with Crippen LogP contribution in [0, 0.1) is 0 Å². The van der Waals surface area contributed by atoms with E-state index in [1.165, 1.54) is 0 Å². The minimum atomic E-state index is -0.388. The average Bonchev–Trinajstić information content (AvgIpc) is 2.79. The Morgan fingerprint density at radius 1 is 1.18 bits per heavy atom. The third-order valence-electron chi connectivity index (χ3n) is 2.75. The van der Waals surface area contributed by atoms with Crippen LogP contribution in [-0.4, -0.2) is 29.4 Å². The molecule has 1 aromatic rings. The van der Waals surface area contributed by atoms with Crippen LogP contribution < -0.4 is 4.74 Å². The molecule has 0 aromatic carbocycles. The van der Waals surface area contributed by atoms with Crippen LogP contribution in [0.5, 0.6) is 5.88 Å². The van der Waals surface area contributed by atoms with Crippen molar-refractivity contribution in [2.24, 2.45) is 0 Å². The van der Waals surface area contributed by atoms with E-state index in [0.29, 0.717) is 24.8 Å². The minimum absolute atomic E-state index is 0.350. The monoisotopic (exact) mass is 236 g/mol. The lowest BCUT2D eigenvalue weighted by Gasteiger charge is -2.09. The number of esters is 1. The summed E-state index contributed by atoms with van der Waals surface area (Å²) in [5, 5.41) is 7.91. The quantitative estimate of drug-likeness (QED) is 0.742. The SMILES string of the molecule is CCOC(=O)c1nnc(OCC)c2c1CCC2. The van der Waals surface area contributed by atoms with Crippen molar-refractivity contribution in [3.63, 3.8) is 0 Å². The second-order valence-electron chi connectivity index (χ2n) is 3.82. The van der Waals surface area contributed by atoms with Crippen LogP contribution in [0.1, 0.15) is 41.9 Å². The number of carbonyl (C=O) groups excluding carboxylic acids is 1. The fourth-order valence-corrected chi connectivity index (χ4v) is 2.07. The fraction of sp³-hybridized carbons (Fsp3) is 0.583. The molecule has 0 aliphatic heterocycles. The summed E-state index contributed by atoms with van der Waals surface area (Å²) >= 11 is 0. The molecule has 2 rings (SSSR count). The van der Waals surface area contributed by atoms with Crippen LogP contribution in [0.25, 0.3) is 0 Å². The van der Waals surface area contributed by atoms with Crippen molar-refractivity contribution in [1.29, 1.82) is 0 Å². The summed E-state index contributed by atoms with van der Waals surface area (Å²) in [6.07, 6.45) is 2.75. The molecule has 17 heavy (non-hydrogen) atoms. The molecule has 5 nitrogen and oxygen atoms in total. The van der Waals surface area contributed by atoms with Gasteiger partial charge in [0.15, 0.2) is 5.69 Å². The second kappa shape index (κ2) is 5.12. The molecule has 1 aliphatic carbocycles. The third kappa shape index (κ3) is 2.23. The third-order valence-corrected chi connectivity index (χ3v) is 2.75. The van der Waals surface area contributed by atoms with Gasteiger partial charge in [-0.1, -0.05) is 0 Å². The van der Waals surface area contributed by atoms with Crippen molar-refractivity contribution in [1.82, 2.24) is 10.2 Å². The van der Waals surface area contributed by atoms with Crippen LogP contribution in [0.3, 0.4) is 0 Å². The summed E-state index contributed by atoms with van der Waals surface area (Å²) in [6.45, 7) is 4.59. The molecule has 0 unspecified atom stereocenters.